The number of ether oxygens (including phenoxy) is 5. The topological polar surface area (TPSA) is 80.3 Å². The first-order valence-electron chi connectivity index (χ1n) is 9.05. The molecule has 7 nitrogen and oxygen atoms in total. The van der Waals surface area contributed by atoms with Crippen LogP contribution in [0.25, 0.3) is 11.1 Å². The molecule has 0 N–H and O–H groups in total. The number of hydrogen-bond donors (Lipinski definition) is 0. The van der Waals surface area contributed by atoms with E-state index in [1.807, 2.05) is 6.07 Å². The average Bonchev–Trinajstić information content (AvgIpc) is 2.73. The molecule has 0 atom stereocenters. The molecule has 0 saturated carbocycles. The molecule has 0 amide bonds. The minimum Gasteiger partial charge on any atom is -0.493 e. The molecular weight excluding hydrogens is 364 g/mol. The first-order valence-corrected chi connectivity index (χ1v) is 9.05. The number of rotatable bonds is 6. The van der Waals surface area contributed by atoms with E-state index in [4.69, 9.17) is 23.7 Å². The van der Waals surface area contributed by atoms with E-state index in [1.54, 1.807) is 45.2 Å². The van der Waals surface area contributed by atoms with Crippen molar-refractivity contribution < 1.29 is 33.3 Å². The van der Waals surface area contributed by atoms with Gasteiger partial charge in [0.15, 0.2) is 11.5 Å². The standard InChI is InChI=1S/C21H22O7/c1-4-25-20(22)15-7-6-13(12-16(15)21(23)26-5-2)14-8-9-17(24-3)19-18(14)27-10-11-28-19/h6-9,12H,4-5,10-11H2,1-3H3. The molecular formula is C21H22O7. The van der Waals surface area contributed by atoms with Gasteiger partial charge in [0.05, 0.1) is 31.5 Å². The van der Waals surface area contributed by atoms with Gasteiger partial charge >= 0.3 is 11.9 Å². The SMILES string of the molecule is CCOC(=O)c1ccc(-c2ccc(OC)c3c2OCCO3)cc1C(=O)OCC. The van der Waals surface area contributed by atoms with Gasteiger partial charge in [-0.15, -0.1) is 0 Å². The molecule has 0 aromatic heterocycles. The third kappa shape index (κ3) is 3.74. The van der Waals surface area contributed by atoms with Crippen molar-refractivity contribution in [1.29, 1.82) is 0 Å². The van der Waals surface area contributed by atoms with Crippen molar-refractivity contribution in [2.24, 2.45) is 0 Å². The summed E-state index contributed by atoms with van der Waals surface area (Å²) in [6.45, 7) is 4.63. The van der Waals surface area contributed by atoms with Crippen molar-refractivity contribution in [2.45, 2.75) is 13.8 Å². The van der Waals surface area contributed by atoms with Gasteiger partial charge in [0.25, 0.3) is 0 Å². The maximum atomic E-state index is 12.4. The lowest BCUT2D eigenvalue weighted by Gasteiger charge is -2.23. The van der Waals surface area contributed by atoms with Crippen LogP contribution in [-0.2, 0) is 9.47 Å². The Hall–Kier alpha value is -3.22. The Balaban J connectivity index is 2.12. The largest absolute Gasteiger partial charge is 0.493 e. The molecule has 0 aliphatic carbocycles. The van der Waals surface area contributed by atoms with Gasteiger partial charge in [-0.25, -0.2) is 9.59 Å². The van der Waals surface area contributed by atoms with Crippen LogP contribution in [0.15, 0.2) is 30.3 Å². The third-order valence-electron chi connectivity index (χ3n) is 4.19. The van der Waals surface area contributed by atoms with E-state index >= 15 is 0 Å². The van der Waals surface area contributed by atoms with Crippen LogP contribution in [0.2, 0.25) is 0 Å². The number of methoxy groups -OCH3 is 1. The minimum absolute atomic E-state index is 0.138. The summed E-state index contributed by atoms with van der Waals surface area (Å²) in [5, 5.41) is 0. The van der Waals surface area contributed by atoms with E-state index in [0.717, 1.165) is 5.56 Å². The first-order chi connectivity index (χ1) is 13.6. The number of fused-ring (bicyclic) bond motifs is 1. The molecule has 0 spiro atoms. The highest BCUT2D eigenvalue weighted by Gasteiger charge is 2.25. The second kappa shape index (κ2) is 8.65. The molecule has 0 unspecified atom stereocenters. The molecule has 1 aliphatic rings. The van der Waals surface area contributed by atoms with Crippen molar-refractivity contribution in [2.75, 3.05) is 33.5 Å². The van der Waals surface area contributed by atoms with Crippen LogP contribution in [0.1, 0.15) is 34.6 Å². The zero-order valence-corrected chi connectivity index (χ0v) is 16.1. The van der Waals surface area contributed by atoms with Gasteiger partial charge in [-0.1, -0.05) is 6.07 Å². The highest BCUT2D eigenvalue weighted by atomic mass is 16.6. The lowest BCUT2D eigenvalue weighted by Crippen LogP contribution is -2.17. The van der Waals surface area contributed by atoms with E-state index in [9.17, 15) is 9.59 Å². The fourth-order valence-electron chi connectivity index (χ4n) is 2.98. The highest BCUT2D eigenvalue weighted by Crippen LogP contribution is 2.46. The zero-order valence-electron chi connectivity index (χ0n) is 16.1. The molecule has 2 aromatic rings. The van der Waals surface area contributed by atoms with Gasteiger partial charge in [-0.05, 0) is 43.7 Å². The van der Waals surface area contributed by atoms with Crippen LogP contribution >= 0.6 is 0 Å². The van der Waals surface area contributed by atoms with Crippen LogP contribution in [0.5, 0.6) is 17.2 Å². The van der Waals surface area contributed by atoms with Crippen LogP contribution in [0.4, 0.5) is 0 Å². The Bertz CT molecular complexity index is 889. The Labute approximate surface area is 163 Å². The van der Waals surface area contributed by atoms with Crippen molar-refractivity contribution in [3.63, 3.8) is 0 Å². The lowest BCUT2D eigenvalue weighted by atomic mass is 9.97. The van der Waals surface area contributed by atoms with Crippen LogP contribution in [0.3, 0.4) is 0 Å². The zero-order chi connectivity index (χ0) is 20.1. The van der Waals surface area contributed by atoms with E-state index in [1.165, 1.54) is 0 Å². The monoisotopic (exact) mass is 386 g/mol. The summed E-state index contributed by atoms with van der Waals surface area (Å²) in [7, 11) is 1.56. The van der Waals surface area contributed by atoms with E-state index in [0.29, 0.717) is 36.0 Å². The maximum absolute atomic E-state index is 12.4. The smallest absolute Gasteiger partial charge is 0.339 e. The summed E-state index contributed by atoms with van der Waals surface area (Å²) in [5.41, 5.74) is 1.69. The second-order valence-electron chi connectivity index (χ2n) is 5.87. The summed E-state index contributed by atoms with van der Waals surface area (Å²) >= 11 is 0. The first kappa shape index (κ1) is 19.5. The van der Waals surface area contributed by atoms with Crippen LogP contribution < -0.4 is 14.2 Å². The molecule has 1 heterocycles. The quantitative estimate of drug-likeness (QED) is 0.703. The fraction of sp³-hybridized carbons (Fsp3) is 0.333. The van der Waals surface area contributed by atoms with Crippen molar-refractivity contribution >= 4 is 11.9 Å². The Morgan fingerprint density at radius 3 is 2.18 bits per heavy atom. The van der Waals surface area contributed by atoms with E-state index in [2.05, 4.69) is 0 Å². The molecule has 3 rings (SSSR count). The van der Waals surface area contributed by atoms with Crippen molar-refractivity contribution in [3.05, 3.63) is 41.5 Å². The van der Waals surface area contributed by atoms with Gasteiger partial charge in [0, 0.05) is 5.56 Å². The summed E-state index contributed by atoms with van der Waals surface area (Å²) in [5.74, 6) is 0.440. The maximum Gasteiger partial charge on any atom is 0.339 e. The molecule has 1 aliphatic heterocycles. The van der Waals surface area contributed by atoms with E-state index < -0.39 is 11.9 Å². The third-order valence-corrected chi connectivity index (χ3v) is 4.19. The lowest BCUT2D eigenvalue weighted by molar-refractivity contribution is 0.0479. The second-order valence-corrected chi connectivity index (χ2v) is 5.87. The van der Waals surface area contributed by atoms with Gasteiger partial charge in [-0.2, -0.15) is 0 Å². The Kier molecular flexibility index (Phi) is 6.03. The molecule has 28 heavy (non-hydrogen) atoms. The number of benzene rings is 2. The summed E-state index contributed by atoms with van der Waals surface area (Å²) in [6, 6.07) is 8.48. The number of carbonyl (C=O) groups is 2. The van der Waals surface area contributed by atoms with Crippen LogP contribution in [-0.4, -0.2) is 45.5 Å². The normalized spacial score (nSPS) is 12.2. The molecule has 2 aromatic carbocycles. The molecule has 7 heteroatoms. The summed E-state index contributed by atoms with van der Waals surface area (Å²) in [6.07, 6.45) is 0. The van der Waals surface area contributed by atoms with E-state index in [-0.39, 0.29) is 24.3 Å². The van der Waals surface area contributed by atoms with Crippen LogP contribution in [0, 0.1) is 0 Å². The molecule has 0 fully saturated rings. The molecule has 0 bridgehead atoms. The summed E-state index contributed by atoms with van der Waals surface area (Å²) < 4.78 is 27.0. The van der Waals surface area contributed by atoms with Gasteiger partial charge in [0.2, 0.25) is 5.75 Å². The minimum atomic E-state index is -0.591. The van der Waals surface area contributed by atoms with Crippen molar-refractivity contribution in [3.8, 4) is 28.4 Å². The predicted octanol–water partition coefficient (Wildman–Crippen LogP) is 3.49. The Morgan fingerprint density at radius 2 is 1.54 bits per heavy atom. The Morgan fingerprint density at radius 1 is 0.893 bits per heavy atom. The summed E-state index contributed by atoms with van der Waals surface area (Å²) in [4.78, 5) is 24.7. The fourth-order valence-corrected chi connectivity index (χ4v) is 2.98. The van der Waals surface area contributed by atoms with Gasteiger partial charge in [0.1, 0.15) is 13.2 Å². The number of hydrogen-bond acceptors (Lipinski definition) is 7. The van der Waals surface area contributed by atoms with Crippen molar-refractivity contribution in [1.82, 2.24) is 0 Å². The van der Waals surface area contributed by atoms with Gasteiger partial charge < -0.3 is 23.7 Å². The van der Waals surface area contributed by atoms with Gasteiger partial charge in [-0.3, -0.25) is 0 Å². The molecule has 148 valence electrons. The number of carbonyl (C=O) groups excluding carboxylic acids is 2. The average molecular weight is 386 g/mol. The molecule has 0 saturated heterocycles. The highest BCUT2D eigenvalue weighted by molar-refractivity contribution is 6.04. The predicted molar refractivity (Wildman–Crippen MR) is 101 cm³/mol. The number of esters is 2. The molecule has 0 radical (unpaired) electrons.